The second-order valence-electron chi connectivity index (χ2n) is 10.3. The van der Waals surface area contributed by atoms with Crippen LogP contribution in [0.1, 0.15) is 16.9 Å². The normalized spacial score (nSPS) is 19.0. The second-order valence-corrected chi connectivity index (χ2v) is 12.7. The molecule has 43 heavy (non-hydrogen) atoms. The summed E-state index contributed by atoms with van der Waals surface area (Å²) in [6.07, 6.45) is -5.49. The third-order valence-corrected chi connectivity index (χ3v) is 9.18. The highest BCUT2D eigenvalue weighted by atomic mass is 32.2. The highest BCUT2D eigenvalue weighted by Crippen LogP contribution is 2.39. The summed E-state index contributed by atoms with van der Waals surface area (Å²) in [5.74, 6) is 6.30. The van der Waals surface area contributed by atoms with Crippen molar-refractivity contribution in [1.29, 1.82) is 0 Å². The zero-order chi connectivity index (χ0) is 31.1. The van der Waals surface area contributed by atoms with Gasteiger partial charge in [-0.3, -0.25) is 4.90 Å². The van der Waals surface area contributed by atoms with Gasteiger partial charge in [-0.05, 0) is 46.7 Å². The molecule has 4 atom stereocenters. The number of thiophene rings is 1. The molecular formula is C30H35F4N3O4S2. The van der Waals surface area contributed by atoms with Crippen molar-refractivity contribution in [2.24, 2.45) is 0 Å². The molecule has 0 spiro atoms. The SMILES string of the molecule is COCC(O)CN1CCC(Nc2cccc3c(CC(F)(F)F)c(C#CCNc4ccc([S+](C)[O-])cc4OC)sc23)C(F)C1. The van der Waals surface area contributed by atoms with E-state index in [4.69, 9.17) is 9.47 Å². The van der Waals surface area contributed by atoms with E-state index >= 15 is 4.39 Å². The van der Waals surface area contributed by atoms with Gasteiger partial charge in [-0.25, -0.2) is 4.39 Å². The Hall–Kier alpha value is -2.73. The van der Waals surface area contributed by atoms with Gasteiger partial charge in [-0.1, -0.05) is 24.0 Å². The minimum absolute atomic E-state index is 0.0924. The summed E-state index contributed by atoms with van der Waals surface area (Å²) in [4.78, 5) is 2.74. The molecule has 0 amide bonds. The van der Waals surface area contributed by atoms with Crippen LogP contribution in [-0.4, -0.2) is 92.3 Å². The van der Waals surface area contributed by atoms with Crippen molar-refractivity contribution in [2.75, 3.05) is 63.9 Å². The van der Waals surface area contributed by atoms with E-state index in [2.05, 4.69) is 22.5 Å². The molecule has 0 radical (unpaired) electrons. The van der Waals surface area contributed by atoms with Crippen LogP contribution < -0.4 is 15.4 Å². The molecule has 0 saturated carbocycles. The van der Waals surface area contributed by atoms with Gasteiger partial charge in [0.15, 0.2) is 4.90 Å². The van der Waals surface area contributed by atoms with Gasteiger partial charge >= 0.3 is 6.18 Å². The Bertz CT molecular complexity index is 1440. The Labute approximate surface area is 255 Å². The third-order valence-electron chi connectivity index (χ3n) is 7.06. The highest BCUT2D eigenvalue weighted by Gasteiger charge is 2.33. The van der Waals surface area contributed by atoms with E-state index in [0.717, 1.165) is 11.3 Å². The number of hydrogen-bond donors (Lipinski definition) is 3. The number of ether oxygens (including phenoxy) is 2. The number of methoxy groups -OCH3 is 2. The maximum Gasteiger partial charge on any atom is 0.393 e. The van der Waals surface area contributed by atoms with Crippen LogP contribution in [0.5, 0.6) is 5.75 Å². The van der Waals surface area contributed by atoms with Crippen LogP contribution in [0.2, 0.25) is 0 Å². The number of piperidine rings is 1. The first kappa shape index (κ1) is 33.2. The number of rotatable bonds is 11. The molecule has 7 nitrogen and oxygen atoms in total. The van der Waals surface area contributed by atoms with Crippen LogP contribution in [0.25, 0.3) is 10.1 Å². The molecule has 3 aromatic rings. The Balaban J connectivity index is 1.53. The molecule has 4 unspecified atom stereocenters. The van der Waals surface area contributed by atoms with Gasteiger partial charge < -0.3 is 29.8 Å². The van der Waals surface area contributed by atoms with Crippen LogP contribution in [0.3, 0.4) is 0 Å². The number of benzene rings is 2. The van der Waals surface area contributed by atoms with Crippen molar-refractivity contribution < 1.29 is 36.7 Å². The number of likely N-dealkylation sites (tertiary alicyclic amines) is 1. The zero-order valence-electron chi connectivity index (χ0n) is 24.1. The van der Waals surface area contributed by atoms with E-state index < -0.39 is 42.1 Å². The lowest BCUT2D eigenvalue weighted by Crippen LogP contribution is -2.50. The van der Waals surface area contributed by atoms with E-state index in [0.29, 0.717) is 56.5 Å². The van der Waals surface area contributed by atoms with Crippen molar-refractivity contribution in [3.05, 3.63) is 46.8 Å². The van der Waals surface area contributed by atoms with Gasteiger partial charge in [0.2, 0.25) is 0 Å². The molecule has 0 aliphatic carbocycles. The fourth-order valence-electron chi connectivity index (χ4n) is 5.06. The Morgan fingerprint density at radius 3 is 2.70 bits per heavy atom. The summed E-state index contributed by atoms with van der Waals surface area (Å²) >= 11 is -0.0274. The summed E-state index contributed by atoms with van der Waals surface area (Å²) in [7, 11) is 2.98. The molecule has 1 saturated heterocycles. The first-order valence-corrected chi connectivity index (χ1v) is 16.0. The third kappa shape index (κ3) is 8.90. The average Bonchev–Trinajstić information content (AvgIpc) is 3.29. The van der Waals surface area contributed by atoms with Gasteiger partial charge in [0.05, 0.1) is 59.8 Å². The number of halogens is 4. The smallest absolute Gasteiger partial charge is 0.393 e. The predicted octanol–water partition coefficient (Wildman–Crippen LogP) is 5.05. The maximum atomic E-state index is 15.2. The standard InChI is InChI=1S/C30H35F4N3O4S2/c1-40-18-19(38)16-37-13-11-24(23(31)17-37)36-26-7-4-6-21-22(15-30(32,33)34)28(42-29(21)26)8-5-12-35-25-10-9-20(43(3)39)14-27(25)41-2/h4,6-7,9-10,14,19,23-24,35-36,38H,11-13,15-18H2,1-3H3. The molecule has 0 bridgehead atoms. The molecule has 1 aliphatic heterocycles. The van der Waals surface area contributed by atoms with Gasteiger partial charge in [0, 0.05) is 32.8 Å². The number of hydrogen-bond acceptors (Lipinski definition) is 8. The number of nitrogens with one attached hydrogen (secondary N) is 2. The fraction of sp³-hybridized carbons (Fsp3) is 0.467. The van der Waals surface area contributed by atoms with E-state index in [1.807, 2.05) is 4.90 Å². The quantitative estimate of drug-likeness (QED) is 0.154. The molecule has 1 aromatic heterocycles. The van der Waals surface area contributed by atoms with E-state index in [1.54, 1.807) is 42.7 Å². The lowest BCUT2D eigenvalue weighted by molar-refractivity contribution is -0.126. The molecule has 1 fully saturated rings. The molecule has 234 valence electrons. The number of nitrogens with zero attached hydrogens (tertiary/aromatic N) is 1. The van der Waals surface area contributed by atoms with Gasteiger partial charge in [-0.15, -0.1) is 11.3 Å². The summed E-state index contributed by atoms with van der Waals surface area (Å²) in [6.45, 7) is 1.30. The summed E-state index contributed by atoms with van der Waals surface area (Å²) in [5.41, 5.74) is 1.27. The van der Waals surface area contributed by atoms with Crippen molar-refractivity contribution in [2.45, 2.75) is 42.2 Å². The van der Waals surface area contributed by atoms with Crippen molar-refractivity contribution in [1.82, 2.24) is 4.90 Å². The van der Waals surface area contributed by atoms with Gasteiger partial charge in [-0.2, -0.15) is 13.2 Å². The maximum absolute atomic E-state index is 15.2. The number of alkyl halides is 4. The molecule has 3 N–H and O–H groups in total. The largest absolute Gasteiger partial charge is 0.612 e. The van der Waals surface area contributed by atoms with Crippen molar-refractivity contribution in [3.63, 3.8) is 0 Å². The molecular weight excluding hydrogens is 606 g/mol. The lowest BCUT2D eigenvalue weighted by atomic mass is 10.0. The molecule has 2 heterocycles. The number of β-amino-alcohol motifs (C(OH)–C–C–N with tert-alkyl or cyclic N) is 1. The van der Waals surface area contributed by atoms with Crippen LogP contribution in [0, 0.1) is 11.8 Å². The van der Waals surface area contributed by atoms with Crippen LogP contribution >= 0.6 is 11.3 Å². The molecule has 2 aromatic carbocycles. The van der Waals surface area contributed by atoms with E-state index in [1.165, 1.54) is 14.2 Å². The summed E-state index contributed by atoms with van der Waals surface area (Å²) in [5, 5.41) is 16.8. The number of aliphatic hydroxyl groups excluding tert-OH is 1. The number of aliphatic hydroxyl groups is 1. The summed E-state index contributed by atoms with van der Waals surface area (Å²) in [6, 6.07) is 9.60. The van der Waals surface area contributed by atoms with Gasteiger partial charge in [0.1, 0.15) is 18.2 Å². The molecule has 13 heteroatoms. The average molecular weight is 642 g/mol. The number of fused-ring (bicyclic) bond motifs is 1. The Kier molecular flexibility index (Phi) is 11.4. The second kappa shape index (κ2) is 14.8. The molecule has 1 aliphatic rings. The topological polar surface area (TPSA) is 89.1 Å². The van der Waals surface area contributed by atoms with Crippen LogP contribution in [0.15, 0.2) is 41.3 Å². The first-order chi connectivity index (χ1) is 20.5. The minimum Gasteiger partial charge on any atom is -0.612 e. The van der Waals surface area contributed by atoms with E-state index in [-0.39, 0.29) is 25.3 Å². The lowest BCUT2D eigenvalue weighted by Gasteiger charge is -2.36. The van der Waals surface area contributed by atoms with Crippen molar-refractivity contribution in [3.8, 4) is 17.6 Å². The Morgan fingerprint density at radius 2 is 2.02 bits per heavy atom. The minimum atomic E-state index is -4.44. The predicted molar refractivity (Wildman–Crippen MR) is 164 cm³/mol. The van der Waals surface area contributed by atoms with Gasteiger partial charge in [0.25, 0.3) is 0 Å². The Morgan fingerprint density at radius 1 is 1.23 bits per heavy atom. The van der Waals surface area contributed by atoms with E-state index in [9.17, 15) is 22.8 Å². The van der Waals surface area contributed by atoms with Crippen molar-refractivity contribution >= 4 is 44.0 Å². The monoisotopic (exact) mass is 641 g/mol. The molecule has 4 rings (SSSR count). The van der Waals surface area contributed by atoms with Crippen LogP contribution in [-0.2, 0) is 22.3 Å². The summed E-state index contributed by atoms with van der Waals surface area (Å²) < 4.78 is 78.7. The van der Waals surface area contributed by atoms with Crippen LogP contribution in [0.4, 0.5) is 28.9 Å². The number of anilines is 2. The highest BCUT2D eigenvalue weighted by molar-refractivity contribution is 7.90. The fourth-order valence-corrected chi connectivity index (χ4v) is 6.76. The first-order valence-electron chi connectivity index (χ1n) is 13.6. The zero-order valence-corrected chi connectivity index (χ0v) is 25.7.